The van der Waals surface area contributed by atoms with E-state index in [0.717, 1.165) is 0 Å². The minimum absolute atomic E-state index is 0.0457. The lowest BCUT2D eigenvalue weighted by Crippen LogP contribution is -2.41. The van der Waals surface area contributed by atoms with Crippen molar-refractivity contribution < 1.29 is 9.59 Å². The predicted molar refractivity (Wildman–Crippen MR) is 97.7 cm³/mol. The number of aromatic amines is 1. The van der Waals surface area contributed by atoms with Crippen molar-refractivity contribution in [3.8, 4) is 0 Å². The normalized spacial score (nSPS) is 10.5. The number of carbonyl (C=O) groups excluding carboxylic acids is 2. The van der Waals surface area contributed by atoms with Gasteiger partial charge in [-0.25, -0.2) is 4.98 Å². The van der Waals surface area contributed by atoms with E-state index in [2.05, 4.69) is 20.8 Å². The quantitative estimate of drug-likeness (QED) is 0.611. The number of carbonyl (C=O) groups is 2. The standard InChI is InChI=1S/C18H15ClN4O3/c19-13-7-3-1-5-11(13)18(26)23-22-16(24)10-9-15-20-14-8-4-2-6-12(14)17(25)21-15/h1-8H,9-10H2,(H,22,24)(H,23,26)(H,20,21,25). The van der Waals surface area contributed by atoms with Gasteiger partial charge in [0.2, 0.25) is 5.91 Å². The molecule has 0 aliphatic rings. The first-order chi connectivity index (χ1) is 12.5. The van der Waals surface area contributed by atoms with Gasteiger partial charge in [-0.05, 0) is 24.3 Å². The minimum Gasteiger partial charge on any atom is -0.310 e. The number of amides is 2. The zero-order valence-electron chi connectivity index (χ0n) is 13.6. The molecule has 0 saturated carbocycles. The van der Waals surface area contributed by atoms with Gasteiger partial charge in [0.1, 0.15) is 5.82 Å². The molecule has 0 bridgehead atoms. The van der Waals surface area contributed by atoms with E-state index in [0.29, 0.717) is 16.7 Å². The van der Waals surface area contributed by atoms with Gasteiger partial charge in [0, 0.05) is 12.8 Å². The van der Waals surface area contributed by atoms with E-state index in [-0.39, 0.29) is 29.0 Å². The Labute approximate surface area is 153 Å². The predicted octanol–water partition coefficient (Wildman–Crippen LogP) is 1.97. The Morgan fingerprint density at radius 3 is 2.58 bits per heavy atom. The summed E-state index contributed by atoms with van der Waals surface area (Å²) in [7, 11) is 0. The molecule has 0 unspecified atom stereocenters. The summed E-state index contributed by atoms with van der Waals surface area (Å²) in [6, 6.07) is 13.5. The van der Waals surface area contributed by atoms with Crippen LogP contribution in [0.5, 0.6) is 0 Å². The fourth-order valence-corrected chi connectivity index (χ4v) is 2.61. The molecule has 0 aliphatic carbocycles. The monoisotopic (exact) mass is 370 g/mol. The third-order valence-electron chi connectivity index (χ3n) is 3.68. The molecule has 1 aromatic heterocycles. The lowest BCUT2D eigenvalue weighted by atomic mass is 10.2. The van der Waals surface area contributed by atoms with Crippen molar-refractivity contribution in [1.29, 1.82) is 0 Å². The molecule has 0 aliphatic heterocycles. The Bertz CT molecular complexity index is 1030. The van der Waals surface area contributed by atoms with Crippen LogP contribution >= 0.6 is 11.6 Å². The van der Waals surface area contributed by atoms with E-state index in [1.54, 1.807) is 48.5 Å². The van der Waals surface area contributed by atoms with Gasteiger partial charge in [-0.1, -0.05) is 35.9 Å². The van der Waals surface area contributed by atoms with Crippen LogP contribution in [-0.4, -0.2) is 21.8 Å². The minimum atomic E-state index is -0.513. The molecule has 0 spiro atoms. The van der Waals surface area contributed by atoms with E-state index >= 15 is 0 Å². The van der Waals surface area contributed by atoms with E-state index in [1.807, 2.05) is 0 Å². The number of fused-ring (bicyclic) bond motifs is 1. The Kier molecular flexibility index (Phi) is 5.28. The molecule has 0 fully saturated rings. The molecule has 0 saturated heterocycles. The van der Waals surface area contributed by atoms with Crippen molar-refractivity contribution in [1.82, 2.24) is 20.8 Å². The summed E-state index contributed by atoms with van der Waals surface area (Å²) in [4.78, 5) is 42.8. The first kappa shape index (κ1) is 17.6. The molecule has 0 atom stereocenters. The summed E-state index contributed by atoms with van der Waals surface area (Å²) >= 11 is 5.92. The second kappa shape index (κ2) is 7.79. The number of H-pyrrole nitrogens is 1. The number of halogens is 1. The molecule has 8 heteroatoms. The SMILES string of the molecule is O=C(CCc1nc2ccccc2c(=O)[nH]1)NNC(=O)c1ccccc1Cl. The maximum absolute atomic E-state index is 12.0. The third-order valence-corrected chi connectivity index (χ3v) is 4.01. The first-order valence-corrected chi connectivity index (χ1v) is 8.24. The van der Waals surface area contributed by atoms with E-state index in [9.17, 15) is 14.4 Å². The lowest BCUT2D eigenvalue weighted by Gasteiger charge is -2.08. The smallest absolute Gasteiger partial charge is 0.271 e. The van der Waals surface area contributed by atoms with Crippen LogP contribution in [0.25, 0.3) is 10.9 Å². The average Bonchev–Trinajstić information content (AvgIpc) is 2.65. The maximum atomic E-state index is 12.0. The lowest BCUT2D eigenvalue weighted by molar-refractivity contribution is -0.121. The molecule has 7 nitrogen and oxygen atoms in total. The van der Waals surface area contributed by atoms with Crippen molar-refractivity contribution in [3.05, 3.63) is 75.3 Å². The second-order valence-electron chi connectivity index (χ2n) is 5.51. The molecule has 0 radical (unpaired) electrons. The van der Waals surface area contributed by atoms with Crippen LogP contribution in [-0.2, 0) is 11.2 Å². The fraction of sp³-hybridized carbons (Fsp3) is 0.111. The highest BCUT2D eigenvalue weighted by Gasteiger charge is 2.11. The van der Waals surface area contributed by atoms with Crippen molar-refractivity contribution in [3.63, 3.8) is 0 Å². The molecule has 2 amide bonds. The number of hydrogen-bond acceptors (Lipinski definition) is 4. The highest BCUT2D eigenvalue weighted by molar-refractivity contribution is 6.33. The number of aryl methyl sites for hydroxylation is 1. The van der Waals surface area contributed by atoms with Crippen molar-refractivity contribution >= 4 is 34.3 Å². The summed E-state index contributed by atoms with van der Waals surface area (Å²) in [5, 5.41) is 0.782. The van der Waals surface area contributed by atoms with Crippen LogP contribution in [0.3, 0.4) is 0 Å². The zero-order valence-corrected chi connectivity index (χ0v) is 14.3. The van der Waals surface area contributed by atoms with Gasteiger partial charge in [0.05, 0.1) is 21.5 Å². The van der Waals surface area contributed by atoms with Gasteiger partial charge in [-0.3, -0.25) is 25.2 Å². The summed E-state index contributed by atoms with van der Waals surface area (Å²) < 4.78 is 0. The summed E-state index contributed by atoms with van der Waals surface area (Å²) in [5.74, 6) is -0.524. The van der Waals surface area contributed by atoms with Crippen LogP contribution < -0.4 is 16.4 Å². The maximum Gasteiger partial charge on any atom is 0.271 e. The van der Waals surface area contributed by atoms with Crippen LogP contribution in [0.1, 0.15) is 22.6 Å². The Balaban J connectivity index is 1.57. The molecule has 2 aromatic carbocycles. The number of benzene rings is 2. The van der Waals surface area contributed by atoms with Crippen molar-refractivity contribution in [2.75, 3.05) is 0 Å². The van der Waals surface area contributed by atoms with Crippen LogP contribution in [0, 0.1) is 0 Å². The summed E-state index contributed by atoms with van der Waals surface area (Å²) in [6.07, 6.45) is 0.276. The highest BCUT2D eigenvalue weighted by Crippen LogP contribution is 2.14. The second-order valence-corrected chi connectivity index (χ2v) is 5.92. The first-order valence-electron chi connectivity index (χ1n) is 7.86. The van der Waals surface area contributed by atoms with Crippen LogP contribution in [0.2, 0.25) is 5.02 Å². The van der Waals surface area contributed by atoms with Gasteiger partial charge >= 0.3 is 0 Å². The number of hydrogen-bond donors (Lipinski definition) is 3. The topological polar surface area (TPSA) is 104 Å². The highest BCUT2D eigenvalue weighted by atomic mass is 35.5. The zero-order chi connectivity index (χ0) is 18.5. The van der Waals surface area contributed by atoms with Gasteiger partial charge in [0.25, 0.3) is 11.5 Å². The van der Waals surface area contributed by atoms with E-state index in [4.69, 9.17) is 11.6 Å². The Morgan fingerprint density at radius 2 is 1.77 bits per heavy atom. The van der Waals surface area contributed by atoms with E-state index < -0.39 is 11.8 Å². The van der Waals surface area contributed by atoms with Crippen LogP contribution in [0.15, 0.2) is 53.3 Å². The van der Waals surface area contributed by atoms with Gasteiger partial charge in [0.15, 0.2) is 0 Å². The summed E-state index contributed by atoms with van der Waals surface area (Å²) in [6.45, 7) is 0. The molecule has 3 N–H and O–H groups in total. The van der Waals surface area contributed by atoms with Crippen LogP contribution in [0.4, 0.5) is 0 Å². The fourth-order valence-electron chi connectivity index (χ4n) is 2.39. The molecule has 132 valence electrons. The molecule has 3 rings (SSSR count). The number of para-hydroxylation sites is 1. The molecule has 1 heterocycles. The van der Waals surface area contributed by atoms with Gasteiger partial charge in [-0.2, -0.15) is 0 Å². The number of aromatic nitrogens is 2. The Hall–Kier alpha value is -3.19. The molecule has 26 heavy (non-hydrogen) atoms. The molecular formula is C18H15ClN4O3. The molecule has 3 aromatic rings. The van der Waals surface area contributed by atoms with Gasteiger partial charge in [-0.15, -0.1) is 0 Å². The van der Waals surface area contributed by atoms with Crippen molar-refractivity contribution in [2.45, 2.75) is 12.8 Å². The summed E-state index contributed by atoms with van der Waals surface area (Å²) in [5.41, 5.74) is 5.19. The Morgan fingerprint density at radius 1 is 1.04 bits per heavy atom. The van der Waals surface area contributed by atoms with E-state index in [1.165, 1.54) is 0 Å². The number of nitrogens with one attached hydrogen (secondary N) is 3. The molecular weight excluding hydrogens is 356 g/mol. The largest absolute Gasteiger partial charge is 0.310 e. The third kappa shape index (κ3) is 4.07. The average molecular weight is 371 g/mol. The van der Waals surface area contributed by atoms with Gasteiger partial charge < -0.3 is 4.98 Å². The van der Waals surface area contributed by atoms with Crippen molar-refractivity contribution in [2.24, 2.45) is 0 Å². The number of nitrogens with zero attached hydrogens (tertiary/aromatic N) is 1. The number of hydrazine groups is 1. The number of rotatable bonds is 4.